The predicted octanol–water partition coefficient (Wildman–Crippen LogP) is 4.70. The lowest BCUT2D eigenvalue weighted by atomic mass is 9.88. The van der Waals surface area contributed by atoms with Crippen LogP contribution in [0.3, 0.4) is 0 Å². The number of imide groups is 1. The van der Waals surface area contributed by atoms with Crippen molar-refractivity contribution < 1.29 is 28.8 Å². The Balaban J connectivity index is 1.20. The third kappa shape index (κ3) is 4.24. The van der Waals surface area contributed by atoms with Crippen LogP contribution in [0.15, 0.2) is 72.8 Å². The van der Waals surface area contributed by atoms with E-state index < -0.39 is 29.3 Å². The molecule has 0 bridgehead atoms. The van der Waals surface area contributed by atoms with E-state index in [-0.39, 0.29) is 30.2 Å². The number of nitrogens with one attached hydrogen (secondary N) is 1. The van der Waals surface area contributed by atoms with Gasteiger partial charge in [-0.2, -0.15) is 0 Å². The molecule has 188 valence electrons. The van der Waals surface area contributed by atoms with Gasteiger partial charge in [-0.1, -0.05) is 72.7 Å². The number of benzene rings is 3. The van der Waals surface area contributed by atoms with Crippen LogP contribution in [-0.4, -0.2) is 42.1 Å². The fourth-order valence-electron chi connectivity index (χ4n) is 4.70. The number of amides is 3. The molecule has 1 heterocycles. The first-order valence-corrected chi connectivity index (χ1v) is 12.1. The highest BCUT2D eigenvalue weighted by molar-refractivity contribution is 6.20. The Hall–Kier alpha value is -4.46. The number of nitrogens with zero attached hydrogens (tertiary/aromatic N) is 1. The van der Waals surface area contributed by atoms with E-state index in [9.17, 15) is 19.2 Å². The number of fused-ring (bicyclic) bond motifs is 4. The highest BCUT2D eigenvalue weighted by Gasteiger charge is 2.43. The first kappa shape index (κ1) is 24.2. The van der Waals surface area contributed by atoms with E-state index in [0.29, 0.717) is 11.5 Å². The highest BCUT2D eigenvalue weighted by Crippen LogP contribution is 2.44. The van der Waals surface area contributed by atoms with Crippen LogP contribution in [0.25, 0.3) is 11.1 Å². The molecule has 5 rings (SSSR count). The summed E-state index contributed by atoms with van der Waals surface area (Å²) >= 11 is 0. The van der Waals surface area contributed by atoms with E-state index in [1.807, 2.05) is 36.4 Å². The summed E-state index contributed by atoms with van der Waals surface area (Å²) in [6.07, 6.45) is -0.381. The molecule has 0 radical (unpaired) electrons. The van der Waals surface area contributed by atoms with Gasteiger partial charge in [-0.25, -0.2) is 9.59 Å². The van der Waals surface area contributed by atoms with Crippen LogP contribution >= 0.6 is 0 Å². The average molecular weight is 499 g/mol. The van der Waals surface area contributed by atoms with Crippen LogP contribution in [0.2, 0.25) is 0 Å². The van der Waals surface area contributed by atoms with Gasteiger partial charge in [0.05, 0.1) is 16.5 Å². The predicted molar refractivity (Wildman–Crippen MR) is 135 cm³/mol. The maximum atomic E-state index is 13.0. The minimum absolute atomic E-state index is 0.0884. The molecule has 1 aliphatic carbocycles. The lowest BCUT2D eigenvalue weighted by Gasteiger charge is -2.27. The van der Waals surface area contributed by atoms with Crippen molar-refractivity contribution >= 4 is 23.9 Å². The third-order valence-electron chi connectivity index (χ3n) is 7.17. The zero-order valence-corrected chi connectivity index (χ0v) is 20.5. The molecule has 1 aliphatic heterocycles. The van der Waals surface area contributed by atoms with Gasteiger partial charge in [-0.15, -0.1) is 0 Å². The van der Waals surface area contributed by atoms with Gasteiger partial charge >= 0.3 is 12.1 Å². The summed E-state index contributed by atoms with van der Waals surface area (Å²) in [5.41, 5.74) is 3.61. The standard InChI is InChI=1S/C29H26N2O6/c1-3-29(2,27(34)37-31-25(32)22-14-8-9-15-23(22)26(31)33)17-30-28(35)36-16-24-20-12-6-4-10-18(20)19-11-5-7-13-21(19)24/h4-15,24H,3,16-17H2,1-2H3,(H,30,35). The van der Waals surface area contributed by atoms with E-state index in [4.69, 9.17) is 9.57 Å². The topological polar surface area (TPSA) is 102 Å². The molecule has 8 nitrogen and oxygen atoms in total. The van der Waals surface area contributed by atoms with Crippen molar-refractivity contribution in [3.8, 4) is 11.1 Å². The molecule has 2 aliphatic rings. The van der Waals surface area contributed by atoms with Crippen LogP contribution in [0.4, 0.5) is 4.79 Å². The number of hydrogen-bond donors (Lipinski definition) is 1. The van der Waals surface area contributed by atoms with E-state index in [1.54, 1.807) is 26.0 Å². The monoisotopic (exact) mass is 498 g/mol. The van der Waals surface area contributed by atoms with Gasteiger partial charge < -0.3 is 14.9 Å². The summed E-state index contributed by atoms with van der Waals surface area (Å²) in [4.78, 5) is 55.9. The van der Waals surface area contributed by atoms with Crippen LogP contribution < -0.4 is 5.32 Å². The molecule has 1 atom stereocenters. The van der Waals surface area contributed by atoms with E-state index >= 15 is 0 Å². The summed E-state index contributed by atoms with van der Waals surface area (Å²) in [5, 5.41) is 3.12. The number of carbonyl (C=O) groups excluding carboxylic acids is 4. The molecular formula is C29H26N2O6. The molecule has 1 unspecified atom stereocenters. The number of rotatable bonds is 7. The zero-order chi connectivity index (χ0) is 26.2. The maximum Gasteiger partial charge on any atom is 0.407 e. The van der Waals surface area contributed by atoms with Crippen molar-refractivity contribution in [3.63, 3.8) is 0 Å². The second kappa shape index (κ2) is 9.54. The minimum atomic E-state index is -1.19. The molecule has 3 aromatic carbocycles. The summed E-state index contributed by atoms with van der Waals surface area (Å²) in [6, 6.07) is 22.3. The Labute approximate surface area is 214 Å². The van der Waals surface area contributed by atoms with Gasteiger partial charge in [-0.05, 0) is 47.7 Å². The van der Waals surface area contributed by atoms with E-state index in [0.717, 1.165) is 22.3 Å². The highest BCUT2D eigenvalue weighted by atomic mass is 16.7. The molecule has 0 fully saturated rings. The second-order valence-electron chi connectivity index (χ2n) is 9.42. The molecule has 0 saturated heterocycles. The van der Waals surface area contributed by atoms with Gasteiger partial charge in [0, 0.05) is 12.5 Å². The first-order chi connectivity index (χ1) is 17.8. The number of hydrogen-bond acceptors (Lipinski definition) is 6. The van der Waals surface area contributed by atoms with Crippen LogP contribution in [0.5, 0.6) is 0 Å². The smallest absolute Gasteiger partial charge is 0.407 e. The molecule has 8 heteroatoms. The van der Waals surface area contributed by atoms with Crippen molar-refractivity contribution in [2.45, 2.75) is 26.2 Å². The summed E-state index contributed by atoms with van der Waals surface area (Å²) in [6.45, 7) is 3.39. The maximum absolute atomic E-state index is 13.0. The number of hydroxylamine groups is 2. The van der Waals surface area contributed by atoms with Crippen molar-refractivity contribution in [2.24, 2.45) is 5.41 Å². The summed E-state index contributed by atoms with van der Waals surface area (Å²) < 4.78 is 5.55. The summed E-state index contributed by atoms with van der Waals surface area (Å²) in [7, 11) is 0. The molecule has 0 aromatic heterocycles. The zero-order valence-electron chi connectivity index (χ0n) is 20.5. The Kier molecular flexibility index (Phi) is 6.25. The van der Waals surface area contributed by atoms with Gasteiger partial charge in [0.25, 0.3) is 11.8 Å². The Bertz CT molecular complexity index is 1340. The third-order valence-corrected chi connectivity index (χ3v) is 7.17. The minimum Gasteiger partial charge on any atom is -0.449 e. The molecule has 0 spiro atoms. The fraction of sp³-hybridized carbons (Fsp3) is 0.241. The van der Waals surface area contributed by atoms with E-state index in [2.05, 4.69) is 17.4 Å². The Morgan fingerprint density at radius 3 is 1.84 bits per heavy atom. The molecule has 1 N–H and O–H groups in total. The first-order valence-electron chi connectivity index (χ1n) is 12.1. The van der Waals surface area contributed by atoms with Crippen molar-refractivity contribution in [1.29, 1.82) is 0 Å². The van der Waals surface area contributed by atoms with Gasteiger partial charge in [0.15, 0.2) is 0 Å². The van der Waals surface area contributed by atoms with Crippen molar-refractivity contribution in [1.82, 2.24) is 10.4 Å². The molecule has 0 saturated carbocycles. The van der Waals surface area contributed by atoms with Crippen LogP contribution in [-0.2, 0) is 14.4 Å². The molecular weight excluding hydrogens is 472 g/mol. The van der Waals surface area contributed by atoms with Gasteiger partial charge in [0.2, 0.25) is 0 Å². The van der Waals surface area contributed by atoms with Crippen molar-refractivity contribution in [3.05, 3.63) is 95.1 Å². The van der Waals surface area contributed by atoms with Crippen LogP contribution in [0, 0.1) is 5.41 Å². The van der Waals surface area contributed by atoms with Crippen molar-refractivity contribution in [2.75, 3.05) is 13.2 Å². The van der Waals surface area contributed by atoms with Gasteiger partial charge in [-0.3, -0.25) is 9.59 Å². The Morgan fingerprint density at radius 2 is 1.32 bits per heavy atom. The molecule has 3 aromatic rings. The van der Waals surface area contributed by atoms with Gasteiger partial charge in [0.1, 0.15) is 6.61 Å². The Morgan fingerprint density at radius 1 is 0.838 bits per heavy atom. The average Bonchev–Trinajstić information content (AvgIpc) is 3.37. The lowest BCUT2D eigenvalue weighted by molar-refractivity contribution is -0.180. The normalized spacial score (nSPS) is 15.5. The fourth-order valence-corrected chi connectivity index (χ4v) is 4.70. The summed E-state index contributed by atoms with van der Waals surface area (Å²) in [5.74, 6) is -2.29. The quantitative estimate of drug-likeness (QED) is 0.474. The lowest BCUT2D eigenvalue weighted by Crippen LogP contribution is -2.45. The number of ether oxygens (including phenoxy) is 1. The number of carbonyl (C=O) groups is 4. The molecule has 3 amide bonds. The second-order valence-corrected chi connectivity index (χ2v) is 9.42. The number of alkyl carbamates (subject to hydrolysis) is 1. The largest absolute Gasteiger partial charge is 0.449 e. The van der Waals surface area contributed by atoms with E-state index in [1.165, 1.54) is 12.1 Å². The SMILES string of the molecule is CCC(C)(CNC(=O)OCC1c2ccccc2-c2ccccc21)C(=O)ON1C(=O)c2ccccc2C1=O. The van der Waals surface area contributed by atoms with Crippen LogP contribution in [0.1, 0.15) is 58.0 Å². The molecule has 37 heavy (non-hydrogen) atoms.